The van der Waals surface area contributed by atoms with Gasteiger partial charge in [-0.1, -0.05) is 30.3 Å². The molecule has 122 valence electrons. The highest BCUT2D eigenvalue weighted by molar-refractivity contribution is 7.60. The normalized spacial score (nSPS) is 14.8. The van der Waals surface area contributed by atoms with Gasteiger partial charge in [-0.3, -0.25) is 14.2 Å². The van der Waals surface area contributed by atoms with Gasteiger partial charge in [-0.2, -0.15) is 0 Å². The van der Waals surface area contributed by atoms with Crippen molar-refractivity contribution in [2.45, 2.75) is 13.3 Å². The van der Waals surface area contributed by atoms with E-state index in [-0.39, 0.29) is 19.2 Å². The SMILES string of the molecule is CCOP(=O)(CC(=O)OC)CC(Cc1ccccc1)C(=O)O. The molecule has 1 N–H and O–H groups in total. The topological polar surface area (TPSA) is 89.9 Å². The number of methoxy groups -OCH3 is 1. The van der Waals surface area contributed by atoms with Crippen LogP contribution in [0.1, 0.15) is 12.5 Å². The zero-order chi connectivity index (χ0) is 16.6. The third kappa shape index (κ3) is 6.00. The molecule has 22 heavy (non-hydrogen) atoms. The van der Waals surface area contributed by atoms with Crippen molar-refractivity contribution in [3.05, 3.63) is 35.9 Å². The van der Waals surface area contributed by atoms with Crippen LogP contribution >= 0.6 is 7.37 Å². The van der Waals surface area contributed by atoms with Crippen molar-refractivity contribution in [1.29, 1.82) is 0 Å². The first-order valence-electron chi connectivity index (χ1n) is 6.96. The number of ether oxygens (including phenoxy) is 1. The van der Waals surface area contributed by atoms with Crippen molar-refractivity contribution in [2.75, 3.05) is 26.0 Å². The van der Waals surface area contributed by atoms with E-state index < -0.39 is 31.4 Å². The van der Waals surface area contributed by atoms with Gasteiger partial charge in [0.2, 0.25) is 7.37 Å². The molecule has 2 atom stereocenters. The van der Waals surface area contributed by atoms with E-state index in [9.17, 15) is 19.3 Å². The van der Waals surface area contributed by atoms with E-state index >= 15 is 0 Å². The Morgan fingerprint density at radius 1 is 1.27 bits per heavy atom. The Hall–Kier alpha value is -1.65. The molecule has 0 spiro atoms. The van der Waals surface area contributed by atoms with Gasteiger partial charge in [0, 0.05) is 6.16 Å². The second kappa shape index (κ2) is 8.71. The summed E-state index contributed by atoms with van der Waals surface area (Å²) >= 11 is 0. The molecular weight excluding hydrogens is 307 g/mol. The van der Waals surface area contributed by atoms with Crippen LogP contribution in [0.5, 0.6) is 0 Å². The first-order valence-corrected chi connectivity index (χ1v) is 8.96. The molecule has 0 radical (unpaired) electrons. The third-order valence-electron chi connectivity index (χ3n) is 3.13. The summed E-state index contributed by atoms with van der Waals surface area (Å²) in [4.78, 5) is 22.8. The average molecular weight is 328 g/mol. The molecule has 0 heterocycles. The number of carboxylic acid groups (broad SMARTS) is 1. The highest BCUT2D eigenvalue weighted by atomic mass is 31.2. The van der Waals surface area contributed by atoms with E-state index in [0.29, 0.717) is 0 Å². The summed E-state index contributed by atoms with van der Waals surface area (Å²) in [5.74, 6) is -2.61. The van der Waals surface area contributed by atoms with Gasteiger partial charge in [-0.15, -0.1) is 0 Å². The quantitative estimate of drug-likeness (QED) is 0.553. The molecule has 0 saturated heterocycles. The third-order valence-corrected chi connectivity index (χ3v) is 5.60. The van der Waals surface area contributed by atoms with Gasteiger partial charge >= 0.3 is 11.9 Å². The second-order valence-corrected chi connectivity index (χ2v) is 7.44. The number of carboxylic acids is 1. The Labute approximate surface area is 129 Å². The molecule has 0 aliphatic heterocycles. The monoisotopic (exact) mass is 328 g/mol. The summed E-state index contributed by atoms with van der Waals surface area (Å²) in [6.45, 7) is 1.79. The maximum atomic E-state index is 12.7. The Morgan fingerprint density at radius 3 is 2.41 bits per heavy atom. The Bertz CT molecular complexity index is 542. The molecule has 0 aliphatic carbocycles. The maximum Gasteiger partial charge on any atom is 0.315 e. The molecule has 2 unspecified atom stereocenters. The minimum Gasteiger partial charge on any atom is -0.481 e. The molecular formula is C15H21O6P. The summed E-state index contributed by atoms with van der Waals surface area (Å²) in [5.41, 5.74) is 0.830. The molecule has 1 rings (SSSR count). The minimum atomic E-state index is -3.39. The van der Waals surface area contributed by atoms with Crippen molar-refractivity contribution in [1.82, 2.24) is 0 Å². The summed E-state index contributed by atoms with van der Waals surface area (Å²) in [6, 6.07) is 9.07. The zero-order valence-corrected chi connectivity index (χ0v) is 13.6. The number of hydrogen-bond acceptors (Lipinski definition) is 5. The van der Waals surface area contributed by atoms with Crippen molar-refractivity contribution in [3.8, 4) is 0 Å². The van der Waals surface area contributed by atoms with Crippen LogP contribution in [0.25, 0.3) is 0 Å². The molecule has 6 nitrogen and oxygen atoms in total. The fourth-order valence-electron chi connectivity index (χ4n) is 2.12. The lowest BCUT2D eigenvalue weighted by Gasteiger charge is -2.21. The molecule has 0 saturated carbocycles. The summed E-state index contributed by atoms with van der Waals surface area (Å²) in [6.07, 6.45) is -0.371. The predicted molar refractivity (Wildman–Crippen MR) is 82.3 cm³/mol. The number of carbonyl (C=O) groups is 2. The largest absolute Gasteiger partial charge is 0.481 e. The van der Waals surface area contributed by atoms with Crippen molar-refractivity contribution in [2.24, 2.45) is 5.92 Å². The van der Waals surface area contributed by atoms with E-state index in [1.54, 1.807) is 6.92 Å². The van der Waals surface area contributed by atoms with Crippen LogP contribution in [0.4, 0.5) is 0 Å². The van der Waals surface area contributed by atoms with Crippen LogP contribution < -0.4 is 0 Å². The van der Waals surface area contributed by atoms with Crippen LogP contribution in [-0.4, -0.2) is 43.1 Å². The van der Waals surface area contributed by atoms with E-state index in [1.807, 2.05) is 30.3 Å². The highest BCUT2D eigenvalue weighted by Crippen LogP contribution is 2.48. The molecule has 0 aromatic heterocycles. The molecule has 0 fully saturated rings. The van der Waals surface area contributed by atoms with Gasteiger partial charge in [0.25, 0.3) is 0 Å². The number of aliphatic carboxylic acids is 1. The summed E-state index contributed by atoms with van der Waals surface area (Å²) < 4.78 is 22.4. The van der Waals surface area contributed by atoms with E-state index in [4.69, 9.17) is 4.52 Å². The molecule has 7 heteroatoms. The van der Waals surface area contributed by atoms with Crippen LogP contribution in [0.15, 0.2) is 30.3 Å². The minimum absolute atomic E-state index is 0.145. The molecule has 1 aromatic carbocycles. The average Bonchev–Trinajstić information content (AvgIpc) is 2.47. The predicted octanol–water partition coefficient (Wildman–Crippen LogP) is 2.42. The lowest BCUT2D eigenvalue weighted by molar-refractivity contribution is -0.141. The fourth-order valence-corrected chi connectivity index (χ4v) is 4.40. The van der Waals surface area contributed by atoms with Crippen LogP contribution in [0.3, 0.4) is 0 Å². The number of hydrogen-bond donors (Lipinski definition) is 1. The molecule has 0 aliphatic rings. The molecule has 0 bridgehead atoms. The number of esters is 1. The first-order chi connectivity index (χ1) is 10.4. The Morgan fingerprint density at radius 2 is 1.91 bits per heavy atom. The molecule has 0 amide bonds. The molecule has 1 aromatic rings. The lowest BCUT2D eigenvalue weighted by Crippen LogP contribution is -2.23. The van der Waals surface area contributed by atoms with Crippen LogP contribution in [0.2, 0.25) is 0 Å². The smallest absolute Gasteiger partial charge is 0.315 e. The van der Waals surface area contributed by atoms with Gasteiger partial charge < -0.3 is 14.4 Å². The second-order valence-electron chi connectivity index (χ2n) is 4.87. The fraction of sp³-hybridized carbons (Fsp3) is 0.467. The van der Waals surface area contributed by atoms with Crippen LogP contribution in [-0.2, 0) is 29.8 Å². The Balaban J connectivity index is 2.87. The lowest BCUT2D eigenvalue weighted by atomic mass is 10.0. The first kappa shape index (κ1) is 18.4. The number of carbonyl (C=O) groups excluding carboxylic acids is 1. The maximum absolute atomic E-state index is 12.7. The standard InChI is InChI=1S/C15H21O6P/c1-3-21-22(19,11-14(16)20-2)10-13(15(17)18)9-12-7-5-4-6-8-12/h4-8,13H,3,9-11H2,1-2H3,(H,17,18). The summed E-state index contributed by atoms with van der Waals surface area (Å²) in [5, 5.41) is 9.36. The van der Waals surface area contributed by atoms with Crippen molar-refractivity contribution in [3.63, 3.8) is 0 Å². The van der Waals surface area contributed by atoms with Crippen molar-refractivity contribution < 1.29 is 28.5 Å². The van der Waals surface area contributed by atoms with E-state index in [0.717, 1.165) is 5.56 Å². The zero-order valence-electron chi connectivity index (χ0n) is 12.7. The van der Waals surface area contributed by atoms with Gasteiger partial charge in [-0.25, -0.2) is 0 Å². The van der Waals surface area contributed by atoms with Crippen LogP contribution in [0, 0.1) is 5.92 Å². The van der Waals surface area contributed by atoms with Gasteiger partial charge in [0.15, 0.2) is 0 Å². The van der Waals surface area contributed by atoms with Gasteiger partial charge in [0.1, 0.15) is 6.16 Å². The van der Waals surface area contributed by atoms with E-state index in [2.05, 4.69) is 4.74 Å². The number of rotatable bonds is 9. The van der Waals surface area contributed by atoms with Gasteiger partial charge in [-0.05, 0) is 18.9 Å². The highest BCUT2D eigenvalue weighted by Gasteiger charge is 2.34. The summed E-state index contributed by atoms with van der Waals surface area (Å²) in [7, 11) is -2.20. The van der Waals surface area contributed by atoms with Gasteiger partial charge in [0.05, 0.1) is 19.6 Å². The van der Waals surface area contributed by atoms with Crippen molar-refractivity contribution >= 4 is 19.3 Å². The number of benzene rings is 1. The van der Waals surface area contributed by atoms with E-state index in [1.165, 1.54) is 7.11 Å². The Kier molecular flexibility index (Phi) is 7.28.